The minimum Gasteiger partial charge on any atom is -0.508 e. The first-order valence-electron chi connectivity index (χ1n) is 21.9. The van der Waals surface area contributed by atoms with Crippen LogP contribution in [0.1, 0.15) is 47.8 Å². The lowest BCUT2D eigenvalue weighted by molar-refractivity contribution is 0.0646. The Morgan fingerprint density at radius 1 is 0.394 bits per heavy atom. The van der Waals surface area contributed by atoms with E-state index in [1.807, 2.05) is 6.92 Å². The van der Waals surface area contributed by atoms with Gasteiger partial charge in [-0.1, -0.05) is 36.4 Å². The Hall–Kier alpha value is -7.99. The molecule has 5 N–H and O–H groups in total. The molecule has 0 aliphatic heterocycles. The van der Waals surface area contributed by atoms with Crippen molar-refractivity contribution in [3.05, 3.63) is 149 Å². The Labute approximate surface area is 412 Å². The molecular formula is C54H60O17. The summed E-state index contributed by atoms with van der Waals surface area (Å²) in [6.45, 7) is 3.73. The number of benzene rings is 6. The van der Waals surface area contributed by atoms with E-state index in [-0.39, 0.29) is 34.4 Å². The Kier molecular flexibility index (Phi) is 21.4. The number of aromatic hydroxyl groups is 2. The van der Waals surface area contributed by atoms with Crippen LogP contribution in [-0.2, 0) is 0 Å². The largest absolute Gasteiger partial charge is 0.508 e. The molecule has 6 aromatic rings. The van der Waals surface area contributed by atoms with Crippen LogP contribution >= 0.6 is 0 Å². The summed E-state index contributed by atoms with van der Waals surface area (Å²) in [7, 11) is 8.94. The number of carbonyl (C=O) groups excluding carboxylic acids is 3. The van der Waals surface area contributed by atoms with E-state index in [1.165, 1.54) is 66.9 Å². The molecule has 3 unspecified atom stereocenters. The van der Waals surface area contributed by atoms with E-state index in [1.54, 1.807) is 105 Å². The van der Waals surface area contributed by atoms with Crippen LogP contribution in [0.5, 0.6) is 63.2 Å². The first-order chi connectivity index (χ1) is 34.1. The number of ether oxygens (including phenoxy) is 9. The lowest BCUT2D eigenvalue weighted by atomic mass is 10.0. The van der Waals surface area contributed by atoms with Gasteiger partial charge in [0.25, 0.3) is 0 Å². The molecule has 0 aromatic heterocycles. The highest BCUT2D eigenvalue weighted by Gasteiger charge is 2.27. The summed E-state index contributed by atoms with van der Waals surface area (Å²) in [5.41, 5.74) is 2.83. The molecule has 0 saturated heterocycles. The third kappa shape index (κ3) is 14.5. The molecule has 0 amide bonds. The lowest BCUT2D eigenvalue weighted by Gasteiger charge is -2.19. The third-order valence-electron chi connectivity index (χ3n) is 10.6. The molecule has 6 aromatic carbocycles. The normalized spacial score (nSPS) is 11.7. The van der Waals surface area contributed by atoms with Gasteiger partial charge in [0.1, 0.15) is 5.75 Å². The van der Waals surface area contributed by atoms with Crippen molar-refractivity contribution in [2.75, 3.05) is 62.5 Å². The summed E-state index contributed by atoms with van der Waals surface area (Å²) in [6.07, 6.45) is -3.20. The summed E-state index contributed by atoms with van der Waals surface area (Å²) < 4.78 is 48.0. The number of aryl methyl sites for hydroxylation is 3. The van der Waals surface area contributed by atoms with Crippen LogP contribution in [0.4, 0.5) is 0 Å². The summed E-state index contributed by atoms with van der Waals surface area (Å²) in [5.74, 6) is 2.67. The van der Waals surface area contributed by atoms with Gasteiger partial charge in [0.2, 0.25) is 17.3 Å². The van der Waals surface area contributed by atoms with Crippen LogP contribution in [0.3, 0.4) is 0 Å². The van der Waals surface area contributed by atoms with Crippen LogP contribution in [0.15, 0.2) is 115 Å². The molecule has 0 radical (unpaired) electrons. The molecule has 0 saturated carbocycles. The lowest BCUT2D eigenvalue weighted by Crippen LogP contribution is -2.31. The molecule has 0 spiro atoms. The molecule has 0 bridgehead atoms. The van der Waals surface area contributed by atoms with Gasteiger partial charge in [0, 0.05) is 16.7 Å². The predicted molar refractivity (Wildman–Crippen MR) is 263 cm³/mol. The molecule has 0 fully saturated rings. The fourth-order valence-electron chi connectivity index (χ4n) is 6.84. The van der Waals surface area contributed by atoms with Crippen molar-refractivity contribution in [2.24, 2.45) is 0 Å². The van der Waals surface area contributed by atoms with Gasteiger partial charge in [-0.3, -0.25) is 14.4 Å². The molecule has 6 rings (SSSR count). The number of methoxy groups -OCH3 is 6. The van der Waals surface area contributed by atoms with Crippen LogP contribution in [0.2, 0.25) is 0 Å². The molecule has 17 heteroatoms. The van der Waals surface area contributed by atoms with E-state index in [0.717, 1.165) is 5.56 Å². The number of aliphatic hydroxyl groups is 3. The zero-order valence-electron chi connectivity index (χ0n) is 41.0. The zero-order chi connectivity index (χ0) is 52.2. The number of rotatable bonds is 21. The van der Waals surface area contributed by atoms with Crippen molar-refractivity contribution in [3.8, 4) is 63.2 Å². The number of Topliss-reactive ketones (excluding diaryl/α,β-unsaturated/α-hetero) is 3. The summed E-state index contributed by atoms with van der Waals surface area (Å²) >= 11 is 0. The van der Waals surface area contributed by atoms with E-state index in [2.05, 4.69) is 0 Å². The van der Waals surface area contributed by atoms with Gasteiger partial charge in [-0.15, -0.1) is 0 Å². The van der Waals surface area contributed by atoms with Crippen LogP contribution in [0.25, 0.3) is 0 Å². The number of phenolic OH excluding ortho intramolecular Hbond substituents is 2. The standard InChI is InChI=1S/C19H22O6.C18H20O6.C17H18O5/c1-12-9-13(10-16(23-3)19(12)24-4)18(21)17(11-20)25-15-8-6-5-7-14(15)22-2;1-11-8-12(9-15(23-3)17(11)20)18(21)16(10-19)24-14-7-5-4-6-13(14)22-2;1-11-9-12(7-8-13(11)19)17(20)16(10-18)22-15-6-4-3-5-14(15)21-2/h5-10,17,20H,11H2,1-4H3;4-9,16,19-20H,10H2,1-3H3;3-9,16,18-19H,10H2,1-2H3. The highest BCUT2D eigenvalue weighted by Crippen LogP contribution is 2.35. The first-order valence-corrected chi connectivity index (χ1v) is 21.9. The van der Waals surface area contributed by atoms with Crippen molar-refractivity contribution in [1.29, 1.82) is 0 Å². The minimum atomic E-state index is -1.10. The quantitative estimate of drug-likeness (QED) is 0.0445. The average molecular weight is 981 g/mol. The number of phenols is 2. The van der Waals surface area contributed by atoms with Crippen LogP contribution in [0, 0.1) is 20.8 Å². The van der Waals surface area contributed by atoms with Gasteiger partial charge in [0.15, 0.2) is 75.8 Å². The van der Waals surface area contributed by atoms with Gasteiger partial charge < -0.3 is 68.2 Å². The second-order valence-corrected chi connectivity index (χ2v) is 15.3. The van der Waals surface area contributed by atoms with Crippen molar-refractivity contribution in [2.45, 2.75) is 39.1 Å². The molecule has 378 valence electrons. The summed E-state index contributed by atoms with van der Waals surface area (Å²) in [4.78, 5) is 37.9. The highest BCUT2D eigenvalue weighted by atomic mass is 16.5. The molecule has 17 nitrogen and oxygen atoms in total. The Bertz CT molecular complexity index is 2720. The van der Waals surface area contributed by atoms with Gasteiger partial charge in [-0.2, -0.15) is 0 Å². The number of hydrogen-bond acceptors (Lipinski definition) is 17. The monoisotopic (exact) mass is 980 g/mol. The van der Waals surface area contributed by atoms with Crippen LogP contribution in [-0.4, -0.2) is 124 Å². The topological polar surface area (TPSA) is 235 Å². The summed E-state index contributed by atoms with van der Waals surface area (Å²) in [6, 6.07) is 31.4. The second-order valence-electron chi connectivity index (χ2n) is 15.3. The van der Waals surface area contributed by atoms with E-state index >= 15 is 0 Å². The molecule has 0 aliphatic rings. The SMILES string of the molecule is COc1ccccc1OC(CO)C(=O)c1cc(C)c(O)c(OC)c1.COc1ccccc1OC(CO)C(=O)c1cc(C)c(OC)c(OC)c1.COc1ccccc1OC(CO)C(=O)c1ccc(O)c(C)c1. The summed E-state index contributed by atoms with van der Waals surface area (Å²) in [5, 5.41) is 48.1. The van der Waals surface area contributed by atoms with E-state index in [0.29, 0.717) is 68.2 Å². The second kappa shape index (κ2) is 27.3. The van der Waals surface area contributed by atoms with Crippen LogP contribution < -0.4 is 42.6 Å². The molecule has 3 atom stereocenters. The Morgan fingerprint density at radius 3 is 1.08 bits per heavy atom. The third-order valence-corrected chi connectivity index (χ3v) is 10.6. The maximum atomic E-state index is 12.8. The smallest absolute Gasteiger partial charge is 0.205 e. The molecule has 0 aliphatic carbocycles. The van der Waals surface area contributed by atoms with Crippen molar-refractivity contribution in [3.63, 3.8) is 0 Å². The number of hydrogen-bond donors (Lipinski definition) is 5. The number of ketones is 3. The number of para-hydroxylation sites is 6. The van der Waals surface area contributed by atoms with Gasteiger partial charge in [-0.05, 0) is 116 Å². The van der Waals surface area contributed by atoms with Crippen molar-refractivity contribution in [1.82, 2.24) is 0 Å². The fourth-order valence-corrected chi connectivity index (χ4v) is 6.84. The molecular weight excluding hydrogens is 921 g/mol. The number of carbonyl (C=O) groups is 3. The fraction of sp³-hybridized carbons (Fsp3) is 0.278. The minimum absolute atomic E-state index is 0.0276. The number of aliphatic hydroxyl groups excluding tert-OH is 3. The molecule has 0 heterocycles. The van der Waals surface area contributed by atoms with Gasteiger partial charge in [0.05, 0.1) is 62.5 Å². The first kappa shape index (κ1) is 55.6. The van der Waals surface area contributed by atoms with Crippen molar-refractivity contribution < 1.29 is 82.5 Å². The predicted octanol–water partition coefficient (Wildman–Crippen LogP) is 7.32. The van der Waals surface area contributed by atoms with Crippen molar-refractivity contribution >= 4 is 17.3 Å². The maximum Gasteiger partial charge on any atom is 0.205 e. The van der Waals surface area contributed by atoms with E-state index in [9.17, 15) is 39.9 Å². The zero-order valence-corrected chi connectivity index (χ0v) is 41.0. The van der Waals surface area contributed by atoms with Gasteiger partial charge in [-0.25, -0.2) is 0 Å². The van der Waals surface area contributed by atoms with E-state index < -0.39 is 43.9 Å². The molecule has 71 heavy (non-hydrogen) atoms. The van der Waals surface area contributed by atoms with E-state index in [4.69, 9.17) is 42.6 Å². The maximum absolute atomic E-state index is 12.8. The Morgan fingerprint density at radius 2 is 0.732 bits per heavy atom. The average Bonchev–Trinajstić information content (AvgIpc) is 3.39. The Balaban J connectivity index is 0.000000232. The highest BCUT2D eigenvalue weighted by molar-refractivity contribution is 6.01. The van der Waals surface area contributed by atoms with Gasteiger partial charge >= 0.3 is 0 Å².